The summed E-state index contributed by atoms with van der Waals surface area (Å²) in [4.78, 5) is 16.7. The molecule has 0 aliphatic carbocycles. The van der Waals surface area contributed by atoms with Crippen LogP contribution in [0.4, 0.5) is 0 Å². The van der Waals surface area contributed by atoms with Gasteiger partial charge >= 0.3 is 0 Å². The molecule has 1 fully saturated rings. The zero-order valence-electron chi connectivity index (χ0n) is 12.0. The van der Waals surface area contributed by atoms with Crippen molar-refractivity contribution < 1.29 is 9.53 Å². The van der Waals surface area contributed by atoms with Gasteiger partial charge in [0.2, 0.25) is 0 Å². The molecule has 0 radical (unpaired) electrons. The molecular formula is C15H18BrN3O2. The van der Waals surface area contributed by atoms with E-state index in [1.807, 2.05) is 11.0 Å². The van der Waals surface area contributed by atoms with Gasteiger partial charge in [0.05, 0.1) is 18.7 Å². The van der Waals surface area contributed by atoms with Gasteiger partial charge in [0.15, 0.2) is 0 Å². The first-order valence-electron chi connectivity index (χ1n) is 6.88. The van der Waals surface area contributed by atoms with Crippen LogP contribution in [0, 0.1) is 11.3 Å². The van der Waals surface area contributed by atoms with E-state index in [0.717, 1.165) is 24.1 Å². The number of rotatable bonds is 4. The fraction of sp³-hybridized carbons (Fsp3) is 0.467. The summed E-state index contributed by atoms with van der Waals surface area (Å²) in [5.41, 5.74) is 0.581. The van der Waals surface area contributed by atoms with Crippen molar-refractivity contribution >= 4 is 21.8 Å². The quantitative estimate of drug-likeness (QED) is 0.833. The number of piperazine rings is 1. The predicted octanol–water partition coefficient (Wildman–Crippen LogP) is 2.13. The highest BCUT2D eigenvalue weighted by molar-refractivity contribution is 9.10. The van der Waals surface area contributed by atoms with E-state index in [2.05, 4.69) is 26.9 Å². The maximum absolute atomic E-state index is 12.6. The minimum absolute atomic E-state index is 0.00640. The lowest BCUT2D eigenvalue weighted by atomic mass is 10.1. The van der Waals surface area contributed by atoms with E-state index in [1.165, 1.54) is 0 Å². The molecule has 112 valence electrons. The topological polar surface area (TPSA) is 56.6 Å². The van der Waals surface area contributed by atoms with Crippen LogP contribution in [0.3, 0.4) is 0 Å². The third kappa shape index (κ3) is 3.96. The van der Waals surface area contributed by atoms with Crippen molar-refractivity contribution in [1.82, 2.24) is 9.80 Å². The van der Waals surface area contributed by atoms with Gasteiger partial charge in [-0.1, -0.05) is 15.9 Å². The number of hydrogen-bond donors (Lipinski definition) is 0. The van der Waals surface area contributed by atoms with Crippen LogP contribution in [0.5, 0.6) is 5.75 Å². The van der Waals surface area contributed by atoms with Crippen LogP contribution in [-0.4, -0.2) is 55.5 Å². The average molecular weight is 352 g/mol. The van der Waals surface area contributed by atoms with Gasteiger partial charge in [-0.05, 0) is 18.2 Å². The van der Waals surface area contributed by atoms with Crippen LogP contribution in [0.25, 0.3) is 0 Å². The molecule has 1 aliphatic heterocycles. The number of carbonyl (C=O) groups excluding carboxylic acids is 1. The standard InChI is InChI=1S/C15H18BrN3O2/c1-21-14-4-3-12(16)11-13(14)15(20)19-9-7-18(8-10-19)6-2-5-17/h3-4,11H,2,6-10H2,1H3. The maximum atomic E-state index is 12.6. The average Bonchev–Trinajstić information content (AvgIpc) is 2.52. The minimum Gasteiger partial charge on any atom is -0.496 e. The van der Waals surface area contributed by atoms with E-state index in [0.29, 0.717) is 30.8 Å². The molecule has 1 saturated heterocycles. The number of hydrogen-bond acceptors (Lipinski definition) is 4. The van der Waals surface area contributed by atoms with Crippen LogP contribution in [0.15, 0.2) is 22.7 Å². The lowest BCUT2D eigenvalue weighted by molar-refractivity contribution is 0.0636. The van der Waals surface area contributed by atoms with Crippen molar-refractivity contribution in [3.05, 3.63) is 28.2 Å². The molecule has 1 aromatic rings. The fourth-order valence-corrected chi connectivity index (χ4v) is 2.76. The van der Waals surface area contributed by atoms with Crippen LogP contribution < -0.4 is 4.74 Å². The number of benzene rings is 1. The lowest BCUT2D eigenvalue weighted by Crippen LogP contribution is -2.48. The molecule has 1 aliphatic rings. The van der Waals surface area contributed by atoms with Gasteiger partial charge in [-0.3, -0.25) is 9.69 Å². The van der Waals surface area contributed by atoms with E-state index in [4.69, 9.17) is 10.00 Å². The predicted molar refractivity (Wildman–Crippen MR) is 83.3 cm³/mol. The van der Waals surface area contributed by atoms with Crippen LogP contribution >= 0.6 is 15.9 Å². The first-order valence-corrected chi connectivity index (χ1v) is 7.67. The summed E-state index contributed by atoms with van der Waals surface area (Å²) < 4.78 is 6.13. The van der Waals surface area contributed by atoms with E-state index in [1.54, 1.807) is 19.2 Å². The normalized spacial score (nSPS) is 15.6. The third-order valence-corrected chi connectivity index (χ3v) is 4.08. The Hall–Kier alpha value is -1.58. The van der Waals surface area contributed by atoms with Gasteiger partial charge in [-0.15, -0.1) is 0 Å². The molecule has 0 aromatic heterocycles. The summed E-state index contributed by atoms with van der Waals surface area (Å²) in [7, 11) is 1.57. The van der Waals surface area contributed by atoms with Gasteiger partial charge in [-0.25, -0.2) is 0 Å². The zero-order valence-corrected chi connectivity index (χ0v) is 13.6. The Morgan fingerprint density at radius 3 is 2.71 bits per heavy atom. The van der Waals surface area contributed by atoms with Crippen LogP contribution in [-0.2, 0) is 0 Å². The molecule has 1 amide bonds. The zero-order chi connectivity index (χ0) is 15.2. The van der Waals surface area contributed by atoms with E-state index >= 15 is 0 Å². The first kappa shape index (κ1) is 15.8. The van der Waals surface area contributed by atoms with E-state index < -0.39 is 0 Å². The Bertz CT molecular complexity index is 548. The highest BCUT2D eigenvalue weighted by Gasteiger charge is 2.24. The second-order valence-electron chi connectivity index (χ2n) is 4.89. The second kappa shape index (κ2) is 7.43. The van der Waals surface area contributed by atoms with E-state index in [-0.39, 0.29) is 5.91 Å². The number of ether oxygens (including phenoxy) is 1. The van der Waals surface area contributed by atoms with Crippen LogP contribution in [0.1, 0.15) is 16.8 Å². The molecule has 0 spiro atoms. The molecule has 0 saturated carbocycles. The Kier molecular flexibility index (Phi) is 5.59. The summed E-state index contributed by atoms with van der Waals surface area (Å²) in [6.45, 7) is 3.76. The molecule has 6 heteroatoms. The van der Waals surface area contributed by atoms with Crippen LogP contribution in [0.2, 0.25) is 0 Å². The largest absolute Gasteiger partial charge is 0.496 e. The van der Waals surface area contributed by atoms with Crippen molar-refractivity contribution in [2.75, 3.05) is 39.8 Å². The molecule has 0 unspecified atom stereocenters. The lowest BCUT2D eigenvalue weighted by Gasteiger charge is -2.34. The van der Waals surface area contributed by atoms with Crippen molar-refractivity contribution in [2.45, 2.75) is 6.42 Å². The molecule has 1 aromatic carbocycles. The number of halogens is 1. The SMILES string of the molecule is COc1ccc(Br)cc1C(=O)N1CCN(CCC#N)CC1. The molecular weight excluding hydrogens is 334 g/mol. The number of nitrogens with zero attached hydrogens (tertiary/aromatic N) is 3. The molecule has 0 N–H and O–H groups in total. The molecule has 2 rings (SSSR count). The van der Waals surface area contributed by atoms with Gasteiger partial charge in [0.25, 0.3) is 5.91 Å². The summed E-state index contributed by atoms with van der Waals surface area (Å²) in [5.74, 6) is 0.586. The molecule has 0 bridgehead atoms. The summed E-state index contributed by atoms with van der Waals surface area (Å²) in [6, 6.07) is 7.60. The number of methoxy groups -OCH3 is 1. The molecule has 0 atom stereocenters. The Morgan fingerprint density at radius 1 is 1.38 bits per heavy atom. The molecule has 1 heterocycles. The van der Waals surface area contributed by atoms with Crippen molar-refractivity contribution in [1.29, 1.82) is 5.26 Å². The van der Waals surface area contributed by atoms with Gasteiger partial charge in [-0.2, -0.15) is 5.26 Å². The Balaban J connectivity index is 2.02. The monoisotopic (exact) mass is 351 g/mol. The van der Waals surface area contributed by atoms with Crippen molar-refractivity contribution in [3.8, 4) is 11.8 Å². The maximum Gasteiger partial charge on any atom is 0.257 e. The highest BCUT2D eigenvalue weighted by atomic mass is 79.9. The van der Waals surface area contributed by atoms with Gasteiger partial charge in [0, 0.05) is 43.6 Å². The second-order valence-corrected chi connectivity index (χ2v) is 5.80. The van der Waals surface area contributed by atoms with Gasteiger partial charge in [0.1, 0.15) is 5.75 Å². The summed E-state index contributed by atoms with van der Waals surface area (Å²) >= 11 is 3.39. The van der Waals surface area contributed by atoms with Gasteiger partial charge < -0.3 is 9.64 Å². The number of nitriles is 1. The molecule has 5 nitrogen and oxygen atoms in total. The summed E-state index contributed by atoms with van der Waals surface area (Å²) in [6.07, 6.45) is 0.535. The number of carbonyl (C=O) groups is 1. The summed E-state index contributed by atoms with van der Waals surface area (Å²) in [5, 5.41) is 8.61. The first-order chi connectivity index (χ1) is 10.2. The minimum atomic E-state index is -0.00640. The van der Waals surface area contributed by atoms with Crippen molar-refractivity contribution in [2.24, 2.45) is 0 Å². The molecule has 21 heavy (non-hydrogen) atoms. The number of amides is 1. The fourth-order valence-electron chi connectivity index (χ4n) is 2.40. The Labute approximate surface area is 133 Å². The smallest absolute Gasteiger partial charge is 0.257 e. The third-order valence-electron chi connectivity index (χ3n) is 3.59. The Morgan fingerprint density at radius 2 is 2.10 bits per heavy atom. The van der Waals surface area contributed by atoms with E-state index in [9.17, 15) is 4.79 Å². The highest BCUT2D eigenvalue weighted by Crippen LogP contribution is 2.24. The van der Waals surface area contributed by atoms with Crippen molar-refractivity contribution in [3.63, 3.8) is 0 Å².